The first kappa shape index (κ1) is 15.6. The molecule has 0 aromatic heterocycles. The number of nitrogens with two attached hydrogens (primary N) is 1. The molecule has 0 aliphatic carbocycles. The Bertz CT molecular complexity index is 493. The molecule has 2 atom stereocenters. The highest BCUT2D eigenvalue weighted by Crippen LogP contribution is 2.32. The Morgan fingerprint density at radius 3 is 2.85 bits per heavy atom. The maximum atomic E-state index is 5.95. The van der Waals surface area contributed by atoms with Crippen molar-refractivity contribution in [2.75, 3.05) is 31.4 Å². The molecule has 1 fully saturated rings. The molecule has 20 heavy (non-hydrogen) atoms. The summed E-state index contributed by atoms with van der Waals surface area (Å²) in [6.07, 6.45) is 3.44. The van der Waals surface area contributed by atoms with E-state index in [0.717, 1.165) is 35.7 Å². The monoisotopic (exact) mass is 310 g/mol. The standard InChI is InChI=1S/C15H22N2OS2/c1-10-7-8-17(9-12(10)18-2)11-5-4-6-13(20-3)14(11)15(16)19/h4-6,10,12H,7-9H2,1-3H3,(H2,16,19). The van der Waals surface area contributed by atoms with Crippen molar-refractivity contribution in [3.63, 3.8) is 0 Å². The van der Waals surface area contributed by atoms with Crippen LogP contribution in [-0.2, 0) is 4.74 Å². The fraction of sp³-hybridized carbons (Fsp3) is 0.533. The molecule has 3 nitrogen and oxygen atoms in total. The Labute approximate surface area is 130 Å². The van der Waals surface area contributed by atoms with Gasteiger partial charge < -0.3 is 15.4 Å². The van der Waals surface area contributed by atoms with Gasteiger partial charge in [-0.3, -0.25) is 0 Å². The van der Waals surface area contributed by atoms with E-state index in [4.69, 9.17) is 22.7 Å². The SMILES string of the molecule is COC1CN(c2cccc(SC)c2C(N)=S)CCC1C. The van der Waals surface area contributed by atoms with E-state index >= 15 is 0 Å². The number of benzene rings is 1. The first-order chi connectivity index (χ1) is 9.58. The molecule has 1 aliphatic heterocycles. The molecule has 2 unspecified atom stereocenters. The number of piperidine rings is 1. The van der Waals surface area contributed by atoms with Gasteiger partial charge in [-0.1, -0.05) is 25.2 Å². The van der Waals surface area contributed by atoms with Gasteiger partial charge in [0, 0.05) is 36.3 Å². The van der Waals surface area contributed by atoms with Crippen LogP contribution in [0.3, 0.4) is 0 Å². The number of hydrogen-bond donors (Lipinski definition) is 1. The van der Waals surface area contributed by atoms with E-state index in [-0.39, 0.29) is 6.10 Å². The summed E-state index contributed by atoms with van der Waals surface area (Å²) in [5.41, 5.74) is 8.09. The number of nitrogens with zero attached hydrogens (tertiary/aromatic N) is 1. The van der Waals surface area contributed by atoms with Crippen LogP contribution in [0.1, 0.15) is 18.9 Å². The van der Waals surface area contributed by atoms with Crippen LogP contribution in [0.25, 0.3) is 0 Å². The number of hydrogen-bond acceptors (Lipinski definition) is 4. The molecule has 1 aliphatic rings. The average molecular weight is 310 g/mol. The lowest BCUT2D eigenvalue weighted by Crippen LogP contribution is -2.44. The fourth-order valence-electron chi connectivity index (χ4n) is 2.76. The molecule has 1 aromatic rings. The lowest BCUT2D eigenvalue weighted by molar-refractivity contribution is 0.0498. The number of rotatable bonds is 4. The van der Waals surface area contributed by atoms with Gasteiger partial charge in [0.25, 0.3) is 0 Å². The number of anilines is 1. The van der Waals surface area contributed by atoms with Gasteiger partial charge in [-0.2, -0.15) is 0 Å². The van der Waals surface area contributed by atoms with Crippen LogP contribution in [0, 0.1) is 5.92 Å². The van der Waals surface area contributed by atoms with E-state index in [2.05, 4.69) is 36.3 Å². The van der Waals surface area contributed by atoms with Crippen LogP contribution < -0.4 is 10.6 Å². The van der Waals surface area contributed by atoms with Crippen LogP contribution in [0.5, 0.6) is 0 Å². The summed E-state index contributed by atoms with van der Waals surface area (Å²) in [4.78, 5) is 3.96. The van der Waals surface area contributed by atoms with Gasteiger partial charge in [0.2, 0.25) is 0 Å². The van der Waals surface area contributed by atoms with Crippen LogP contribution >= 0.6 is 24.0 Å². The Balaban J connectivity index is 2.35. The van der Waals surface area contributed by atoms with Crippen molar-refractivity contribution in [3.8, 4) is 0 Å². The summed E-state index contributed by atoms with van der Waals surface area (Å²) >= 11 is 6.94. The second-order valence-corrected chi connectivity index (χ2v) is 6.49. The number of thioether (sulfide) groups is 1. The normalized spacial score (nSPS) is 22.9. The Morgan fingerprint density at radius 2 is 2.25 bits per heavy atom. The summed E-state index contributed by atoms with van der Waals surface area (Å²) in [6.45, 7) is 4.16. The molecule has 0 saturated carbocycles. The van der Waals surface area contributed by atoms with Crippen LogP contribution in [0.15, 0.2) is 23.1 Å². The zero-order valence-electron chi connectivity index (χ0n) is 12.3. The molecule has 2 N–H and O–H groups in total. The Kier molecular flexibility index (Phi) is 5.29. The minimum atomic E-state index is 0.265. The zero-order chi connectivity index (χ0) is 14.7. The van der Waals surface area contributed by atoms with E-state index in [9.17, 15) is 0 Å². The summed E-state index contributed by atoms with van der Waals surface area (Å²) in [6, 6.07) is 6.25. The van der Waals surface area contributed by atoms with Crippen molar-refractivity contribution >= 4 is 34.7 Å². The van der Waals surface area contributed by atoms with Gasteiger partial charge >= 0.3 is 0 Å². The molecule has 0 amide bonds. The first-order valence-corrected chi connectivity index (χ1v) is 8.46. The molecule has 0 radical (unpaired) electrons. The number of thiocarbonyl (C=S) groups is 1. The maximum Gasteiger partial charge on any atom is 0.107 e. The predicted octanol–water partition coefficient (Wildman–Crippen LogP) is 2.90. The van der Waals surface area contributed by atoms with E-state index in [1.165, 1.54) is 0 Å². The molecular weight excluding hydrogens is 288 g/mol. The smallest absolute Gasteiger partial charge is 0.107 e. The van der Waals surface area contributed by atoms with Crippen molar-refractivity contribution in [1.82, 2.24) is 0 Å². The highest BCUT2D eigenvalue weighted by molar-refractivity contribution is 7.98. The Hall–Kier alpha value is -0.780. The van der Waals surface area contributed by atoms with Crippen molar-refractivity contribution in [1.29, 1.82) is 0 Å². The van der Waals surface area contributed by atoms with Crippen LogP contribution in [0.2, 0.25) is 0 Å². The third-order valence-corrected chi connectivity index (χ3v) is 4.99. The van der Waals surface area contributed by atoms with E-state index in [0.29, 0.717) is 10.9 Å². The zero-order valence-corrected chi connectivity index (χ0v) is 13.9. The summed E-state index contributed by atoms with van der Waals surface area (Å²) in [5.74, 6) is 0.591. The third-order valence-electron chi connectivity index (χ3n) is 4.00. The second kappa shape index (κ2) is 6.78. The summed E-state index contributed by atoms with van der Waals surface area (Å²) in [7, 11) is 1.79. The van der Waals surface area contributed by atoms with Crippen molar-refractivity contribution < 1.29 is 4.74 Å². The fourth-order valence-corrected chi connectivity index (χ4v) is 3.67. The Morgan fingerprint density at radius 1 is 1.50 bits per heavy atom. The molecule has 1 saturated heterocycles. The lowest BCUT2D eigenvalue weighted by Gasteiger charge is -2.38. The maximum absolute atomic E-state index is 5.95. The van der Waals surface area contributed by atoms with Gasteiger partial charge in [0.05, 0.1) is 6.10 Å². The summed E-state index contributed by atoms with van der Waals surface area (Å²) < 4.78 is 5.60. The largest absolute Gasteiger partial charge is 0.389 e. The second-order valence-electron chi connectivity index (χ2n) is 5.20. The quantitative estimate of drug-likeness (QED) is 0.684. The van der Waals surface area contributed by atoms with Crippen molar-refractivity contribution in [2.24, 2.45) is 11.7 Å². The molecule has 0 spiro atoms. The predicted molar refractivity (Wildman–Crippen MR) is 90.9 cm³/mol. The number of methoxy groups -OCH3 is 1. The third kappa shape index (κ3) is 3.10. The number of ether oxygens (including phenoxy) is 1. The van der Waals surface area contributed by atoms with Crippen molar-refractivity contribution in [3.05, 3.63) is 23.8 Å². The molecule has 1 aromatic carbocycles. The van der Waals surface area contributed by atoms with E-state index in [1.54, 1.807) is 18.9 Å². The molecule has 1 heterocycles. The molecular formula is C15H22N2OS2. The topological polar surface area (TPSA) is 38.5 Å². The van der Waals surface area contributed by atoms with Gasteiger partial charge in [0.15, 0.2) is 0 Å². The van der Waals surface area contributed by atoms with Crippen LogP contribution in [-0.4, -0.2) is 37.5 Å². The lowest BCUT2D eigenvalue weighted by atomic mass is 9.95. The summed E-state index contributed by atoms with van der Waals surface area (Å²) in [5, 5.41) is 0. The van der Waals surface area contributed by atoms with Gasteiger partial charge in [-0.25, -0.2) is 0 Å². The van der Waals surface area contributed by atoms with Gasteiger partial charge in [-0.15, -0.1) is 11.8 Å². The van der Waals surface area contributed by atoms with Gasteiger partial charge in [-0.05, 0) is 30.7 Å². The average Bonchev–Trinajstić information content (AvgIpc) is 2.46. The highest BCUT2D eigenvalue weighted by Gasteiger charge is 2.28. The first-order valence-electron chi connectivity index (χ1n) is 6.83. The molecule has 2 rings (SSSR count). The molecule has 0 bridgehead atoms. The van der Waals surface area contributed by atoms with E-state index < -0.39 is 0 Å². The highest BCUT2D eigenvalue weighted by atomic mass is 32.2. The van der Waals surface area contributed by atoms with Gasteiger partial charge in [0.1, 0.15) is 4.99 Å². The molecule has 110 valence electrons. The van der Waals surface area contributed by atoms with E-state index in [1.807, 2.05) is 0 Å². The minimum absolute atomic E-state index is 0.265. The minimum Gasteiger partial charge on any atom is -0.389 e. The van der Waals surface area contributed by atoms with Crippen molar-refractivity contribution in [2.45, 2.75) is 24.3 Å². The van der Waals surface area contributed by atoms with Crippen LogP contribution in [0.4, 0.5) is 5.69 Å². The molecule has 5 heteroatoms.